The van der Waals surface area contributed by atoms with Gasteiger partial charge in [0.05, 0.1) is 0 Å². The predicted molar refractivity (Wildman–Crippen MR) is 63.9 cm³/mol. The van der Waals surface area contributed by atoms with Crippen molar-refractivity contribution >= 4 is 11.6 Å². The molecule has 94 valence electrons. The Balaban J connectivity index is 2.31. The maximum absolute atomic E-state index is 13.2. The fourth-order valence-electron chi connectivity index (χ4n) is 2.43. The lowest BCUT2D eigenvalue weighted by atomic mass is 9.99. The first kappa shape index (κ1) is 12.7. The Morgan fingerprint density at radius 1 is 1.41 bits per heavy atom. The summed E-state index contributed by atoms with van der Waals surface area (Å²) in [5, 5.41) is 0.276. The molecule has 0 saturated carbocycles. The van der Waals surface area contributed by atoms with Crippen LogP contribution in [0.3, 0.4) is 0 Å². The van der Waals surface area contributed by atoms with Gasteiger partial charge in [0.15, 0.2) is 11.6 Å². The maximum atomic E-state index is 13.2. The highest BCUT2D eigenvalue weighted by molar-refractivity contribution is 6.31. The molecule has 1 aromatic rings. The molecular weight excluding hydrogens is 246 g/mol. The van der Waals surface area contributed by atoms with Crippen molar-refractivity contribution in [2.24, 2.45) is 11.7 Å². The topological polar surface area (TPSA) is 29.3 Å². The van der Waals surface area contributed by atoms with Crippen LogP contribution < -0.4 is 5.73 Å². The molecule has 0 bridgehead atoms. The Morgan fingerprint density at radius 2 is 2.06 bits per heavy atom. The summed E-state index contributed by atoms with van der Waals surface area (Å²) in [7, 11) is 1.94. The van der Waals surface area contributed by atoms with Crippen LogP contribution in [0.25, 0.3) is 0 Å². The standard InChI is InChI=1S/C12H15ClF2N2/c1-17-6-7(5-16)2-12(17)8-3-10(14)11(15)4-9(8)13/h3-4,7,12H,2,5-6,16H2,1H3. The highest BCUT2D eigenvalue weighted by atomic mass is 35.5. The third-order valence-corrected chi connectivity index (χ3v) is 3.69. The molecule has 5 heteroatoms. The molecule has 0 aliphatic carbocycles. The zero-order chi connectivity index (χ0) is 12.6. The second kappa shape index (κ2) is 4.88. The molecule has 1 aromatic carbocycles. The molecule has 1 fully saturated rings. The van der Waals surface area contributed by atoms with Crippen LogP contribution in [0.5, 0.6) is 0 Å². The van der Waals surface area contributed by atoms with Crippen LogP contribution in [0.15, 0.2) is 12.1 Å². The van der Waals surface area contributed by atoms with Crippen molar-refractivity contribution in [3.05, 3.63) is 34.4 Å². The van der Waals surface area contributed by atoms with Gasteiger partial charge in [0.2, 0.25) is 0 Å². The van der Waals surface area contributed by atoms with E-state index in [4.69, 9.17) is 17.3 Å². The van der Waals surface area contributed by atoms with E-state index in [2.05, 4.69) is 4.90 Å². The Morgan fingerprint density at radius 3 is 2.65 bits per heavy atom. The minimum Gasteiger partial charge on any atom is -0.330 e. The van der Waals surface area contributed by atoms with Gasteiger partial charge >= 0.3 is 0 Å². The zero-order valence-corrected chi connectivity index (χ0v) is 10.3. The second-order valence-electron chi connectivity index (χ2n) is 4.58. The van der Waals surface area contributed by atoms with Crippen LogP contribution in [-0.2, 0) is 0 Å². The van der Waals surface area contributed by atoms with Crippen molar-refractivity contribution in [2.45, 2.75) is 12.5 Å². The molecule has 2 atom stereocenters. The first-order valence-corrected chi connectivity index (χ1v) is 5.95. The average molecular weight is 261 g/mol. The van der Waals surface area contributed by atoms with Crippen molar-refractivity contribution in [3.8, 4) is 0 Å². The van der Waals surface area contributed by atoms with E-state index in [9.17, 15) is 8.78 Å². The number of benzene rings is 1. The maximum Gasteiger partial charge on any atom is 0.160 e. The number of halogens is 3. The number of likely N-dealkylation sites (tertiary alicyclic amines) is 1. The lowest BCUT2D eigenvalue weighted by Crippen LogP contribution is -2.20. The Kier molecular flexibility index (Phi) is 3.66. The molecule has 0 spiro atoms. The summed E-state index contributed by atoms with van der Waals surface area (Å²) in [5.41, 5.74) is 6.28. The summed E-state index contributed by atoms with van der Waals surface area (Å²) in [6, 6.07) is 2.25. The van der Waals surface area contributed by atoms with E-state index in [-0.39, 0.29) is 11.1 Å². The Labute approximate surface area is 104 Å². The van der Waals surface area contributed by atoms with Crippen LogP contribution in [-0.4, -0.2) is 25.0 Å². The van der Waals surface area contributed by atoms with E-state index < -0.39 is 11.6 Å². The zero-order valence-electron chi connectivity index (χ0n) is 9.59. The minimum atomic E-state index is -0.908. The first-order valence-electron chi connectivity index (χ1n) is 5.57. The largest absolute Gasteiger partial charge is 0.330 e. The Hall–Kier alpha value is -0.710. The normalized spacial score (nSPS) is 25.5. The molecular formula is C12H15ClF2N2. The van der Waals surface area contributed by atoms with Crippen molar-refractivity contribution in [1.82, 2.24) is 4.90 Å². The van der Waals surface area contributed by atoms with E-state index in [0.29, 0.717) is 18.0 Å². The Bertz CT molecular complexity index is 425. The van der Waals surface area contributed by atoms with Crippen molar-refractivity contribution < 1.29 is 8.78 Å². The second-order valence-corrected chi connectivity index (χ2v) is 4.99. The average Bonchev–Trinajstić information content (AvgIpc) is 2.65. The van der Waals surface area contributed by atoms with Crippen molar-refractivity contribution in [2.75, 3.05) is 20.1 Å². The van der Waals surface area contributed by atoms with Crippen molar-refractivity contribution in [1.29, 1.82) is 0 Å². The molecule has 0 amide bonds. The summed E-state index contributed by atoms with van der Waals surface area (Å²) in [4.78, 5) is 2.08. The summed E-state index contributed by atoms with van der Waals surface area (Å²) >= 11 is 5.97. The molecule has 2 nitrogen and oxygen atoms in total. The van der Waals surface area contributed by atoms with Crippen molar-refractivity contribution in [3.63, 3.8) is 0 Å². The highest BCUT2D eigenvalue weighted by Gasteiger charge is 2.31. The van der Waals surface area contributed by atoms with E-state index >= 15 is 0 Å². The fraction of sp³-hybridized carbons (Fsp3) is 0.500. The predicted octanol–water partition coefficient (Wildman–Crippen LogP) is 2.57. The number of nitrogens with zero attached hydrogens (tertiary/aromatic N) is 1. The number of nitrogens with two attached hydrogens (primary N) is 1. The van der Waals surface area contributed by atoms with Crippen LogP contribution in [0.1, 0.15) is 18.0 Å². The van der Waals surface area contributed by atoms with Crippen LogP contribution in [0.2, 0.25) is 5.02 Å². The van der Waals surface area contributed by atoms with Gasteiger partial charge in [-0.2, -0.15) is 0 Å². The number of hydrogen-bond acceptors (Lipinski definition) is 2. The smallest absolute Gasteiger partial charge is 0.160 e. The van der Waals surface area contributed by atoms with Gasteiger partial charge in [-0.1, -0.05) is 11.6 Å². The molecule has 1 aliphatic heterocycles. The van der Waals surface area contributed by atoms with Gasteiger partial charge in [-0.25, -0.2) is 8.78 Å². The third-order valence-electron chi connectivity index (χ3n) is 3.37. The van der Waals surface area contributed by atoms with Gasteiger partial charge in [0.25, 0.3) is 0 Å². The SMILES string of the molecule is CN1CC(CN)CC1c1cc(F)c(F)cc1Cl. The number of rotatable bonds is 2. The molecule has 2 unspecified atom stereocenters. The molecule has 17 heavy (non-hydrogen) atoms. The monoisotopic (exact) mass is 260 g/mol. The summed E-state index contributed by atoms with van der Waals surface area (Å²) in [6.45, 7) is 1.46. The summed E-state index contributed by atoms with van der Waals surface area (Å²) in [6.07, 6.45) is 0.831. The molecule has 1 aliphatic rings. The lowest BCUT2D eigenvalue weighted by Gasteiger charge is -2.20. The van der Waals surface area contributed by atoms with E-state index in [1.54, 1.807) is 0 Å². The van der Waals surface area contributed by atoms with Crippen LogP contribution >= 0.6 is 11.6 Å². The molecule has 2 rings (SSSR count). The molecule has 1 heterocycles. The minimum absolute atomic E-state index is 0.0196. The summed E-state index contributed by atoms with van der Waals surface area (Å²) < 4.78 is 26.2. The number of hydrogen-bond donors (Lipinski definition) is 1. The lowest BCUT2D eigenvalue weighted by molar-refractivity contribution is 0.312. The van der Waals surface area contributed by atoms with Gasteiger partial charge in [-0.05, 0) is 43.6 Å². The summed E-state index contributed by atoms with van der Waals surface area (Å²) in [5.74, 6) is -1.38. The van der Waals surface area contributed by atoms with Gasteiger partial charge in [-0.15, -0.1) is 0 Å². The van der Waals surface area contributed by atoms with E-state index in [1.807, 2.05) is 7.05 Å². The first-order chi connectivity index (χ1) is 8.02. The quantitative estimate of drug-likeness (QED) is 0.828. The third kappa shape index (κ3) is 2.44. The van der Waals surface area contributed by atoms with Gasteiger partial charge < -0.3 is 5.73 Å². The highest BCUT2D eigenvalue weighted by Crippen LogP contribution is 2.37. The molecule has 2 N–H and O–H groups in total. The van der Waals surface area contributed by atoms with Crippen LogP contribution in [0.4, 0.5) is 8.78 Å². The van der Waals surface area contributed by atoms with Gasteiger partial charge in [0.1, 0.15) is 0 Å². The van der Waals surface area contributed by atoms with E-state index in [1.165, 1.54) is 6.07 Å². The van der Waals surface area contributed by atoms with Crippen LogP contribution in [0, 0.1) is 17.6 Å². The van der Waals surface area contributed by atoms with Gasteiger partial charge in [0, 0.05) is 17.6 Å². The molecule has 0 radical (unpaired) electrons. The van der Waals surface area contributed by atoms with Gasteiger partial charge in [-0.3, -0.25) is 4.90 Å². The fourth-order valence-corrected chi connectivity index (χ4v) is 2.71. The molecule has 0 aromatic heterocycles. The van der Waals surface area contributed by atoms with E-state index in [0.717, 1.165) is 19.0 Å². The molecule has 1 saturated heterocycles.